The van der Waals surface area contributed by atoms with Crippen molar-refractivity contribution < 1.29 is 14.3 Å². The lowest BCUT2D eigenvalue weighted by Gasteiger charge is -2.12. The predicted octanol–water partition coefficient (Wildman–Crippen LogP) is 0.0538. The van der Waals surface area contributed by atoms with Crippen LogP contribution in [0.5, 0.6) is 0 Å². The zero-order chi connectivity index (χ0) is 11.7. The zero-order valence-corrected chi connectivity index (χ0v) is 9.63. The molecule has 0 aliphatic heterocycles. The summed E-state index contributed by atoms with van der Waals surface area (Å²) in [5.74, 6) is 0.0354. The van der Waals surface area contributed by atoms with Gasteiger partial charge in [-0.1, -0.05) is 0 Å². The molecule has 0 fully saturated rings. The number of ketones is 1. The van der Waals surface area contributed by atoms with Gasteiger partial charge in [-0.3, -0.25) is 14.9 Å². The molecular formula is C10H20N2O3. The first-order chi connectivity index (χ1) is 7.06. The van der Waals surface area contributed by atoms with Gasteiger partial charge in [-0.2, -0.15) is 0 Å². The third-order valence-electron chi connectivity index (χ3n) is 1.87. The van der Waals surface area contributed by atoms with Gasteiger partial charge in [0.1, 0.15) is 5.78 Å². The maximum atomic E-state index is 11.3. The Bertz CT molecular complexity index is 207. The number of amides is 1. The van der Waals surface area contributed by atoms with Crippen molar-refractivity contribution in [3.05, 3.63) is 0 Å². The number of hydrogen-bond donors (Lipinski definition) is 2. The van der Waals surface area contributed by atoms with Gasteiger partial charge in [0.05, 0.1) is 6.73 Å². The van der Waals surface area contributed by atoms with E-state index in [2.05, 4.69) is 10.6 Å². The number of carbonyl (C=O) groups excluding carboxylic acids is 2. The molecule has 1 atom stereocenters. The van der Waals surface area contributed by atoms with E-state index in [1.165, 1.54) is 6.92 Å². The van der Waals surface area contributed by atoms with E-state index in [0.717, 1.165) is 0 Å². The third-order valence-corrected chi connectivity index (χ3v) is 1.87. The minimum absolute atomic E-state index is 0.0487. The summed E-state index contributed by atoms with van der Waals surface area (Å²) >= 11 is 0. The molecule has 0 radical (unpaired) electrons. The van der Waals surface area contributed by atoms with E-state index in [1.54, 1.807) is 7.11 Å². The minimum atomic E-state index is -0.0487. The molecule has 2 N–H and O–H groups in total. The second-order valence-electron chi connectivity index (χ2n) is 3.54. The van der Waals surface area contributed by atoms with Crippen LogP contribution in [0.15, 0.2) is 0 Å². The number of nitrogens with one attached hydrogen (secondary N) is 2. The monoisotopic (exact) mass is 216 g/mol. The Labute approximate surface area is 90.6 Å². The van der Waals surface area contributed by atoms with Crippen LogP contribution in [0.25, 0.3) is 0 Å². The summed E-state index contributed by atoms with van der Waals surface area (Å²) in [4.78, 5) is 21.9. The van der Waals surface area contributed by atoms with Crippen LogP contribution >= 0.6 is 0 Å². The predicted molar refractivity (Wildman–Crippen MR) is 57.4 cm³/mol. The van der Waals surface area contributed by atoms with Gasteiger partial charge in [-0.15, -0.1) is 0 Å². The molecule has 0 rings (SSSR count). The molecule has 5 heteroatoms. The summed E-state index contributed by atoms with van der Waals surface area (Å²) in [6.45, 7) is 4.27. The normalized spacial score (nSPS) is 12.2. The molecule has 0 saturated heterocycles. The number of rotatable bonds is 8. The molecular weight excluding hydrogens is 196 g/mol. The summed E-state index contributed by atoms with van der Waals surface area (Å²) < 4.78 is 4.82. The summed E-state index contributed by atoms with van der Waals surface area (Å²) in [6, 6.07) is 0.0716. The standard InChI is InChI=1S/C10H20N2O3/c1-8(12-7-15-3)6-10(14)11-5-4-9(2)13/h8,12H,4-7H2,1-3H3,(H,11,14)/t8-/m0/s1. The fraction of sp³-hybridized carbons (Fsp3) is 0.800. The van der Waals surface area contributed by atoms with Crippen molar-refractivity contribution in [2.24, 2.45) is 0 Å². The van der Waals surface area contributed by atoms with Crippen LogP contribution in [0, 0.1) is 0 Å². The first-order valence-corrected chi connectivity index (χ1v) is 5.04. The van der Waals surface area contributed by atoms with E-state index < -0.39 is 0 Å². The van der Waals surface area contributed by atoms with E-state index in [-0.39, 0.29) is 17.7 Å². The van der Waals surface area contributed by atoms with Crippen LogP contribution in [-0.4, -0.2) is 38.1 Å². The highest BCUT2D eigenvalue weighted by Crippen LogP contribution is 1.90. The number of methoxy groups -OCH3 is 1. The molecule has 5 nitrogen and oxygen atoms in total. The van der Waals surface area contributed by atoms with Crippen LogP contribution in [0.2, 0.25) is 0 Å². The highest BCUT2D eigenvalue weighted by Gasteiger charge is 2.07. The van der Waals surface area contributed by atoms with Crippen molar-refractivity contribution in [2.45, 2.75) is 32.7 Å². The molecule has 0 saturated carbocycles. The molecule has 15 heavy (non-hydrogen) atoms. The lowest BCUT2D eigenvalue weighted by Crippen LogP contribution is -2.35. The van der Waals surface area contributed by atoms with Crippen molar-refractivity contribution in [1.82, 2.24) is 10.6 Å². The molecule has 0 heterocycles. The molecule has 0 aromatic heterocycles. The average molecular weight is 216 g/mol. The molecule has 88 valence electrons. The fourth-order valence-electron chi connectivity index (χ4n) is 1.03. The highest BCUT2D eigenvalue weighted by atomic mass is 16.5. The summed E-state index contributed by atoms with van der Waals surface area (Å²) in [5.41, 5.74) is 0. The van der Waals surface area contributed by atoms with Gasteiger partial charge in [-0.05, 0) is 13.8 Å². The molecule has 0 aromatic rings. The van der Waals surface area contributed by atoms with Crippen LogP contribution in [0.4, 0.5) is 0 Å². The van der Waals surface area contributed by atoms with Gasteiger partial charge in [0.25, 0.3) is 0 Å². The van der Waals surface area contributed by atoms with Gasteiger partial charge in [0.2, 0.25) is 5.91 Å². The second kappa shape index (κ2) is 8.38. The molecule has 0 aromatic carbocycles. The van der Waals surface area contributed by atoms with Crippen molar-refractivity contribution in [3.63, 3.8) is 0 Å². The van der Waals surface area contributed by atoms with Crippen molar-refractivity contribution >= 4 is 11.7 Å². The maximum absolute atomic E-state index is 11.3. The lowest BCUT2D eigenvalue weighted by atomic mass is 10.2. The number of Topliss-reactive ketones (excluding diaryl/α,β-unsaturated/α-hetero) is 1. The quantitative estimate of drug-likeness (QED) is 0.563. The average Bonchev–Trinajstić information content (AvgIpc) is 2.14. The second-order valence-corrected chi connectivity index (χ2v) is 3.54. The number of ether oxygens (including phenoxy) is 1. The van der Waals surface area contributed by atoms with Crippen LogP contribution < -0.4 is 10.6 Å². The Morgan fingerprint density at radius 3 is 2.60 bits per heavy atom. The number of hydrogen-bond acceptors (Lipinski definition) is 4. The summed E-state index contributed by atoms with van der Waals surface area (Å²) in [5, 5.41) is 5.69. The van der Waals surface area contributed by atoms with Crippen LogP contribution in [0.1, 0.15) is 26.7 Å². The molecule has 0 unspecified atom stereocenters. The SMILES string of the molecule is COCN[C@@H](C)CC(=O)NCCC(C)=O. The summed E-state index contributed by atoms with van der Waals surface area (Å²) in [7, 11) is 1.59. The van der Waals surface area contributed by atoms with Crippen molar-refractivity contribution in [1.29, 1.82) is 0 Å². The first kappa shape index (κ1) is 14.1. The Balaban J connectivity index is 3.50. The smallest absolute Gasteiger partial charge is 0.221 e. The third kappa shape index (κ3) is 9.37. The molecule has 0 aliphatic rings. The van der Waals surface area contributed by atoms with Gasteiger partial charge in [-0.25, -0.2) is 0 Å². The van der Waals surface area contributed by atoms with E-state index in [4.69, 9.17) is 4.74 Å². The summed E-state index contributed by atoms with van der Waals surface area (Å²) in [6.07, 6.45) is 0.785. The van der Waals surface area contributed by atoms with E-state index in [1.807, 2.05) is 6.92 Å². The van der Waals surface area contributed by atoms with Crippen molar-refractivity contribution in [3.8, 4) is 0 Å². The fourth-order valence-corrected chi connectivity index (χ4v) is 1.03. The Morgan fingerprint density at radius 2 is 2.07 bits per heavy atom. The Kier molecular flexibility index (Phi) is 7.85. The number of carbonyl (C=O) groups is 2. The van der Waals surface area contributed by atoms with Gasteiger partial charge in [0, 0.05) is 32.5 Å². The van der Waals surface area contributed by atoms with E-state index in [9.17, 15) is 9.59 Å². The highest BCUT2D eigenvalue weighted by molar-refractivity contribution is 5.79. The van der Waals surface area contributed by atoms with Gasteiger partial charge < -0.3 is 10.1 Å². The van der Waals surface area contributed by atoms with Crippen molar-refractivity contribution in [2.75, 3.05) is 20.4 Å². The van der Waals surface area contributed by atoms with Crippen LogP contribution in [-0.2, 0) is 14.3 Å². The Hall–Kier alpha value is -0.940. The first-order valence-electron chi connectivity index (χ1n) is 5.04. The molecule has 0 spiro atoms. The van der Waals surface area contributed by atoms with E-state index >= 15 is 0 Å². The molecule has 1 amide bonds. The van der Waals surface area contributed by atoms with E-state index in [0.29, 0.717) is 26.1 Å². The zero-order valence-electron chi connectivity index (χ0n) is 9.63. The topological polar surface area (TPSA) is 67.4 Å². The van der Waals surface area contributed by atoms with Crippen LogP contribution in [0.3, 0.4) is 0 Å². The van der Waals surface area contributed by atoms with Gasteiger partial charge in [0.15, 0.2) is 0 Å². The largest absolute Gasteiger partial charge is 0.370 e. The van der Waals surface area contributed by atoms with Gasteiger partial charge >= 0.3 is 0 Å². The molecule has 0 aliphatic carbocycles. The molecule has 0 bridgehead atoms. The lowest BCUT2D eigenvalue weighted by molar-refractivity contribution is -0.121. The minimum Gasteiger partial charge on any atom is -0.370 e. The maximum Gasteiger partial charge on any atom is 0.221 e. The Morgan fingerprint density at radius 1 is 1.40 bits per heavy atom.